The van der Waals surface area contributed by atoms with E-state index in [9.17, 15) is 25.1 Å². The summed E-state index contributed by atoms with van der Waals surface area (Å²) in [5.41, 5.74) is 6.25. The van der Waals surface area contributed by atoms with Crippen molar-refractivity contribution in [3.63, 3.8) is 0 Å². The number of nitro benzene ring substituents is 1. The highest BCUT2D eigenvalue weighted by Crippen LogP contribution is 2.62. The molecule has 2 aliphatic carbocycles. The molecule has 2 N–H and O–H groups in total. The zero-order valence-electron chi connectivity index (χ0n) is 39.8. The Morgan fingerprint density at radius 2 is 1.67 bits per heavy atom. The highest BCUT2D eigenvalue weighted by Gasteiger charge is 2.65. The molecule has 1 amide bonds. The molecule has 13 nitrogen and oxygen atoms in total. The van der Waals surface area contributed by atoms with Crippen LogP contribution in [0.15, 0.2) is 133 Å². The zero-order valence-corrected chi connectivity index (χ0v) is 39.8. The molecule has 0 radical (unpaired) electrons. The topological polar surface area (TPSA) is 162 Å². The number of aliphatic hydroxyl groups excluding tert-OH is 2. The number of unbranched alkanes of at least 4 members (excludes halogenated alkanes) is 2. The first-order chi connectivity index (χ1) is 33.6. The number of amides is 1. The fraction of sp³-hybridized carbons (Fsp3) is 0.393. The first kappa shape index (κ1) is 48.9. The quantitative estimate of drug-likeness (QED) is 0.0313. The number of carbonyl (C=O) groups excluding carboxylic acids is 1. The van der Waals surface area contributed by atoms with E-state index in [-0.39, 0.29) is 69.4 Å². The van der Waals surface area contributed by atoms with Crippen molar-refractivity contribution in [1.29, 1.82) is 0 Å². The summed E-state index contributed by atoms with van der Waals surface area (Å²) >= 11 is 0. The van der Waals surface area contributed by atoms with Crippen molar-refractivity contribution in [2.75, 3.05) is 26.4 Å². The maximum absolute atomic E-state index is 14.8. The van der Waals surface area contributed by atoms with E-state index in [2.05, 4.69) is 38.6 Å². The first-order valence-electron chi connectivity index (χ1n) is 24.2. The number of ether oxygens (including phenoxy) is 4. The van der Waals surface area contributed by atoms with Crippen molar-refractivity contribution in [3.8, 4) is 17.2 Å². The monoisotopic (exact) mass is 937 g/mol. The molecule has 1 saturated carbocycles. The van der Waals surface area contributed by atoms with Gasteiger partial charge in [-0.15, -0.1) is 6.58 Å². The van der Waals surface area contributed by atoms with Crippen LogP contribution in [0.4, 0.5) is 10.5 Å². The maximum Gasteiger partial charge on any atom is 0.410 e. The Hall–Kier alpha value is -6.54. The van der Waals surface area contributed by atoms with Gasteiger partial charge in [0, 0.05) is 43.2 Å². The van der Waals surface area contributed by atoms with E-state index < -0.39 is 28.8 Å². The number of fused-ring (bicyclic) bond motifs is 3. The van der Waals surface area contributed by atoms with Gasteiger partial charge in [-0.05, 0) is 139 Å². The fourth-order valence-electron chi connectivity index (χ4n) is 10.6. The lowest BCUT2D eigenvalue weighted by molar-refractivity contribution is -0.384. The maximum atomic E-state index is 14.8. The minimum absolute atomic E-state index is 0.00661. The van der Waals surface area contributed by atoms with Gasteiger partial charge in [-0.1, -0.05) is 78.7 Å². The Morgan fingerprint density at radius 1 is 0.928 bits per heavy atom. The van der Waals surface area contributed by atoms with Crippen LogP contribution in [0.3, 0.4) is 0 Å². The second kappa shape index (κ2) is 22.3. The van der Waals surface area contributed by atoms with Gasteiger partial charge in [0.05, 0.1) is 36.3 Å². The third-order valence-electron chi connectivity index (χ3n) is 14.0. The largest absolute Gasteiger partial charge is 0.459 e. The molecular weight excluding hydrogens is 875 g/mol. The van der Waals surface area contributed by atoms with E-state index in [0.717, 1.165) is 64.3 Å². The molecule has 5 aromatic carbocycles. The number of benzene rings is 5. The zero-order chi connectivity index (χ0) is 48.5. The van der Waals surface area contributed by atoms with Crippen LogP contribution in [0, 0.1) is 41.7 Å². The van der Waals surface area contributed by atoms with Gasteiger partial charge < -0.3 is 34.0 Å². The number of nitro groups is 1. The van der Waals surface area contributed by atoms with Crippen molar-refractivity contribution in [3.05, 3.63) is 165 Å². The number of hydrogen-bond donors (Lipinski definition) is 2. The highest BCUT2D eigenvalue weighted by atomic mass is 16.7. The number of aliphatic hydroxyl groups is 2. The van der Waals surface area contributed by atoms with Gasteiger partial charge in [0.15, 0.2) is 0 Å². The number of allylic oxidation sites excluding steroid dienone is 1. The lowest BCUT2D eigenvalue weighted by atomic mass is 9.55. The van der Waals surface area contributed by atoms with Gasteiger partial charge in [0.25, 0.3) is 5.69 Å². The van der Waals surface area contributed by atoms with Crippen LogP contribution in [-0.2, 0) is 27.5 Å². The Balaban J connectivity index is 1.34. The van der Waals surface area contributed by atoms with Crippen molar-refractivity contribution >= 4 is 28.3 Å². The van der Waals surface area contributed by atoms with Gasteiger partial charge in [-0.2, -0.15) is 0 Å². The summed E-state index contributed by atoms with van der Waals surface area (Å²) in [5.74, 6) is -0.432. The van der Waals surface area contributed by atoms with Gasteiger partial charge in [0.2, 0.25) is 5.79 Å². The summed E-state index contributed by atoms with van der Waals surface area (Å²) in [6.45, 7) is 10.5. The van der Waals surface area contributed by atoms with Gasteiger partial charge in [-0.25, -0.2) is 4.79 Å². The number of aryl methyl sites for hydroxylation is 2. The Bertz CT molecular complexity index is 2680. The van der Waals surface area contributed by atoms with Crippen molar-refractivity contribution in [1.82, 2.24) is 4.90 Å². The van der Waals surface area contributed by atoms with Crippen LogP contribution in [0.25, 0.3) is 10.8 Å². The summed E-state index contributed by atoms with van der Waals surface area (Å²) in [6.07, 6.45) is 7.94. The molecule has 0 spiro atoms. The van der Waals surface area contributed by atoms with E-state index >= 15 is 0 Å². The van der Waals surface area contributed by atoms with E-state index in [1.807, 2.05) is 66.7 Å². The third-order valence-corrected chi connectivity index (χ3v) is 14.0. The van der Waals surface area contributed by atoms with E-state index in [4.69, 9.17) is 28.9 Å². The second-order valence-corrected chi connectivity index (χ2v) is 18.3. The van der Waals surface area contributed by atoms with Crippen LogP contribution in [0.1, 0.15) is 85.6 Å². The van der Waals surface area contributed by atoms with Gasteiger partial charge >= 0.3 is 6.09 Å². The molecule has 69 heavy (non-hydrogen) atoms. The lowest BCUT2D eigenvalue weighted by Crippen LogP contribution is -2.70. The van der Waals surface area contributed by atoms with Gasteiger partial charge in [0.1, 0.15) is 29.9 Å². The minimum atomic E-state index is -1.52. The van der Waals surface area contributed by atoms with Crippen molar-refractivity contribution in [2.24, 2.45) is 22.9 Å². The Kier molecular flexibility index (Phi) is 15.8. The van der Waals surface area contributed by atoms with Gasteiger partial charge in [-0.3, -0.25) is 15.0 Å². The second-order valence-electron chi connectivity index (χ2n) is 18.3. The number of rotatable bonds is 21. The normalized spacial score (nSPS) is 21.9. The standard InChI is InChI=1S/C56H63N3O10/c1-5-30-66-56-52(58(55(62)65-6-2)35-42-17-13-16-40-14-7-8-18-46(40)42)34-50(57-67-36-39-21-23-43(24-22-39)59(63)64)48-32-41(15-9-11-28-60)47(19-10-12-29-61)53(54(48)56)49-33-45(26-27-51(49)69-56)68-44-25-20-37(3)38(4)31-44/h5,7-8,13-14,16-18,20-27,31-33,41,47,52-54,60-61H,1,6,9-12,15,19,28-30,34-36H2,2-4H3. The van der Waals surface area contributed by atoms with Crippen LogP contribution < -0.4 is 9.47 Å². The van der Waals surface area contributed by atoms with Crippen LogP contribution in [-0.4, -0.2) is 70.1 Å². The molecule has 6 unspecified atom stereocenters. The van der Waals surface area contributed by atoms with Crippen molar-refractivity contribution < 1.29 is 43.7 Å². The predicted molar refractivity (Wildman–Crippen MR) is 265 cm³/mol. The third kappa shape index (κ3) is 10.6. The summed E-state index contributed by atoms with van der Waals surface area (Å²) in [4.78, 5) is 33.8. The molecule has 0 bridgehead atoms. The highest BCUT2D eigenvalue weighted by molar-refractivity contribution is 6.03. The molecule has 0 aromatic heterocycles. The average molecular weight is 938 g/mol. The first-order valence-corrected chi connectivity index (χ1v) is 24.2. The molecule has 13 heteroatoms. The van der Waals surface area contributed by atoms with Crippen molar-refractivity contribution in [2.45, 2.75) is 96.6 Å². The molecule has 1 aliphatic heterocycles. The molecule has 6 atom stereocenters. The molecule has 362 valence electrons. The molecule has 3 aliphatic rings. The van der Waals surface area contributed by atoms with E-state index in [1.165, 1.54) is 12.1 Å². The fourth-order valence-corrected chi connectivity index (χ4v) is 10.6. The average Bonchev–Trinajstić information content (AvgIpc) is 3.35. The smallest absolute Gasteiger partial charge is 0.410 e. The van der Waals surface area contributed by atoms with Crippen LogP contribution >= 0.6 is 0 Å². The Labute approximate surface area is 404 Å². The Morgan fingerprint density at radius 3 is 2.41 bits per heavy atom. The molecular formula is C56H63N3O10. The summed E-state index contributed by atoms with van der Waals surface area (Å²) in [5, 5.41) is 38.5. The summed E-state index contributed by atoms with van der Waals surface area (Å²) < 4.78 is 27.2. The molecule has 1 fully saturated rings. The number of carbonyl (C=O) groups is 1. The number of hydrogen-bond acceptors (Lipinski definition) is 11. The molecule has 5 aromatic rings. The SMILES string of the molecule is C=CCOC12Oc3ccc(Oc4ccc(C)c(C)c4)cc3C3C(CCCCO)C(CCCCO)C=C(C(=NOCc4ccc([N+](=O)[O-])cc4)CC1N(Cc1cccc4ccccc14)C(=O)OCC)C32. The van der Waals surface area contributed by atoms with E-state index in [1.54, 1.807) is 30.0 Å². The van der Waals surface area contributed by atoms with Crippen LogP contribution in [0.5, 0.6) is 17.2 Å². The lowest BCUT2D eigenvalue weighted by Gasteiger charge is -2.59. The number of nitrogens with zero attached hydrogens (tertiary/aromatic N) is 3. The number of non-ortho nitro benzene ring substituents is 1. The molecule has 1 heterocycles. The summed E-state index contributed by atoms with van der Waals surface area (Å²) in [6, 6.07) is 31.4. The molecule has 8 rings (SSSR count). The predicted octanol–water partition coefficient (Wildman–Crippen LogP) is 11.6. The van der Waals surface area contributed by atoms with E-state index in [0.29, 0.717) is 41.4 Å². The van der Waals surface area contributed by atoms with Crippen LogP contribution in [0.2, 0.25) is 0 Å². The molecule has 0 saturated heterocycles. The summed E-state index contributed by atoms with van der Waals surface area (Å²) in [7, 11) is 0. The number of oxime groups is 1. The minimum Gasteiger partial charge on any atom is -0.459 e.